The number of benzene rings is 2. The third-order valence-electron chi connectivity index (χ3n) is 5.76. The van der Waals surface area contributed by atoms with Crippen molar-refractivity contribution >= 4 is 0 Å². The molecule has 0 atom stereocenters. The second kappa shape index (κ2) is 7.88. The topological polar surface area (TPSA) is 47.3 Å². The average molecular weight is 352 g/mol. The molecular formula is C22H25FN2O. The minimum absolute atomic E-state index is 0.108. The van der Waals surface area contributed by atoms with Gasteiger partial charge >= 0.3 is 0 Å². The van der Waals surface area contributed by atoms with Crippen LogP contribution in [0.4, 0.5) is 4.39 Å². The van der Waals surface area contributed by atoms with Gasteiger partial charge in [0.25, 0.3) is 0 Å². The number of phenolic OH excluding ortho intramolecular Hbond substituents is 1. The number of hydrogen-bond acceptors (Lipinski definition) is 3. The molecule has 0 radical (unpaired) electrons. The minimum atomic E-state index is -0.286. The van der Waals surface area contributed by atoms with E-state index in [-0.39, 0.29) is 17.0 Å². The summed E-state index contributed by atoms with van der Waals surface area (Å²) in [6, 6.07) is 14.7. The third kappa shape index (κ3) is 3.89. The number of piperidine rings is 1. The van der Waals surface area contributed by atoms with Crippen LogP contribution in [0.1, 0.15) is 38.2 Å². The van der Waals surface area contributed by atoms with Crippen molar-refractivity contribution in [2.45, 2.75) is 39.2 Å². The van der Waals surface area contributed by atoms with E-state index in [1.165, 1.54) is 6.07 Å². The summed E-state index contributed by atoms with van der Waals surface area (Å²) in [4.78, 5) is 2.21. The minimum Gasteiger partial charge on any atom is -0.507 e. The molecule has 0 aliphatic carbocycles. The van der Waals surface area contributed by atoms with Crippen molar-refractivity contribution in [2.24, 2.45) is 5.41 Å². The molecule has 2 aromatic rings. The van der Waals surface area contributed by atoms with E-state index in [0.29, 0.717) is 24.1 Å². The Morgan fingerprint density at radius 3 is 2.50 bits per heavy atom. The summed E-state index contributed by atoms with van der Waals surface area (Å²) >= 11 is 0. The third-order valence-corrected chi connectivity index (χ3v) is 5.76. The van der Waals surface area contributed by atoms with Crippen LogP contribution in [0.15, 0.2) is 42.5 Å². The van der Waals surface area contributed by atoms with Gasteiger partial charge in [-0.2, -0.15) is 5.26 Å². The highest BCUT2D eigenvalue weighted by Crippen LogP contribution is 2.39. The predicted molar refractivity (Wildman–Crippen MR) is 101 cm³/mol. The first-order chi connectivity index (χ1) is 12.6. The number of halogens is 1. The molecule has 1 saturated heterocycles. The summed E-state index contributed by atoms with van der Waals surface area (Å²) in [5, 5.41) is 19.4. The Kier molecular flexibility index (Phi) is 5.58. The van der Waals surface area contributed by atoms with E-state index in [1.54, 1.807) is 6.07 Å². The summed E-state index contributed by atoms with van der Waals surface area (Å²) in [7, 11) is 0. The van der Waals surface area contributed by atoms with Gasteiger partial charge < -0.3 is 5.11 Å². The van der Waals surface area contributed by atoms with Crippen molar-refractivity contribution in [1.29, 1.82) is 5.26 Å². The van der Waals surface area contributed by atoms with E-state index in [2.05, 4.69) is 17.9 Å². The lowest BCUT2D eigenvalue weighted by atomic mass is 9.74. The van der Waals surface area contributed by atoms with E-state index >= 15 is 0 Å². The highest BCUT2D eigenvalue weighted by atomic mass is 19.1. The number of aromatic hydroxyl groups is 1. The maximum atomic E-state index is 14.6. The van der Waals surface area contributed by atoms with E-state index in [4.69, 9.17) is 5.26 Å². The van der Waals surface area contributed by atoms with Crippen LogP contribution in [0.3, 0.4) is 0 Å². The second-order valence-corrected chi connectivity index (χ2v) is 7.29. The molecule has 1 aliphatic heterocycles. The summed E-state index contributed by atoms with van der Waals surface area (Å²) in [6.45, 7) is 4.35. The maximum Gasteiger partial charge on any atom is 0.128 e. The SMILES string of the molecule is CCC1(CC#N)CCN(Cc2cc(O)c(-c3ccccc3)cc2F)CC1. The van der Waals surface area contributed by atoms with Gasteiger partial charge in [0.05, 0.1) is 6.07 Å². The number of nitriles is 1. The molecule has 0 bridgehead atoms. The first-order valence-electron chi connectivity index (χ1n) is 9.23. The standard InChI is InChI=1S/C22H25FN2O/c1-2-22(8-11-24)9-12-25(13-10-22)16-18-14-21(26)19(15-20(18)23)17-6-4-3-5-7-17/h3-7,14-15,26H,2,8-10,12-13,16H2,1H3. The number of phenols is 1. The monoisotopic (exact) mass is 352 g/mol. The highest BCUT2D eigenvalue weighted by molar-refractivity contribution is 5.70. The van der Waals surface area contributed by atoms with Crippen LogP contribution in [-0.2, 0) is 6.54 Å². The Bertz CT molecular complexity index is 790. The molecule has 26 heavy (non-hydrogen) atoms. The number of nitrogens with zero attached hydrogens (tertiary/aromatic N) is 2. The molecule has 136 valence electrons. The fourth-order valence-electron chi connectivity index (χ4n) is 3.82. The molecule has 4 heteroatoms. The predicted octanol–water partition coefficient (Wildman–Crippen LogP) is 5.10. The van der Waals surface area contributed by atoms with Crippen LogP contribution < -0.4 is 0 Å². The molecule has 0 unspecified atom stereocenters. The Morgan fingerprint density at radius 2 is 1.88 bits per heavy atom. The maximum absolute atomic E-state index is 14.6. The molecule has 0 aromatic heterocycles. The normalized spacial score (nSPS) is 17.0. The lowest BCUT2D eigenvalue weighted by Crippen LogP contribution is -2.39. The van der Waals surface area contributed by atoms with E-state index in [9.17, 15) is 9.50 Å². The molecule has 2 aromatic carbocycles. The van der Waals surface area contributed by atoms with Crippen LogP contribution in [0.25, 0.3) is 11.1 Å². The van der Waals surface area contributed by atoms with Crippen LogP contribution in [0.5, 0.6) is 5.75 Å². The first-order valence-corrected chi connectivity index (χ1v) is 9.23. The largest absolute Gasteiger partial charge is 0.507 e. The molecule has 3 rings (SSSR count). The Morgan fingerprint density at radius 1 is 1.19 bits per heavy atom. The second-order valence-electron chi connectivity index (χ2n) is 7.29. The van der Waals surface area contributed by atoms with Crippen molar-refractivity contribution in [3.63, 3.8) is 0 Å². The molecule has 0 saturated carbocycles. The van der Waals surface area contributed by atoms with Gasteiger partial charge in [0.1, 0.15) is 11.6 Å². The number of likely N-dealkylation sites (tertiary alicyclic amines) is 1. The van der Waals surface area contributed by atoms with E-state index in [0.717, 1.165) is 37.9 Å². The first kappa shape index (κ1) is 18.4. The van der Waals surface area contributed by atoms with Gasteiger partial charge in [0.2, 0.25) is 0 Å². The summed E-state index contributed by atoms with van der Waals surface area (Å²) in [6.07, 6.45) is 3.53. The molecule has 0 amide bonds. The molecule has 0 spiro atoms. The van der Waals surface area contributed by atoms with Crippen LogP contribution in [0.2, 0.25) is 0 Å². The molecule has 1 fully saturated rings. The van der Waals surface area contributed by atoms with Gasteiger partial charge in [-0.3, -0.25) is 4.90 Å². The molecule has 1 N–H and O–H groups in total. The van der Waals surface area contributed by atoms with E-state index in [1.807, 2.05) is 30.3 Å². The van der Waals surface area contributed by atoms with Crippen molar-refractivity contribution in [3.05, 3.63) is 53.8 Å². The summed E-state index contributed by atoms with van der Waals surface area (Å²) in [5.74, 6) is -0.178. The van der Waals surface area contributed by atoms with Gasteiger partial charge in [-0.25, -0.2) is 4.39 Å². The van der Waals surface area contributed by atoms with Gasteiger partial charge in [-0.1, -0.05) is 37.3 Å². The Labute approximate surface area is 154 Å². The molecule has 1 aliphatic rings. The molecular weight excluding hydrogens is 327 g/mol. The van der Waals surface area contributed by atoms with Gasteiger partial charge in [-0.15, -0.1) is 0 Å². The van der Waals surface area contributed by atoms with Crippen molar-refractivity contribution in [3.8, 4) is 22.9 Å². The molecule has 1 heterocycles. The number of rotatable bonds is 5. The average Bonchev–Trinajstić information content (AvgIpc) is 2.67. The smallest absolute Gasteiger partial charge is 0.128 e. The Hall–Kier alpha value is -2.38. The lowest BCUT2D eigenvalue weighted by Gasteiger charge is -2.40. The summed E-state index contributed by atoms with van der Waals surface area (Å²) in [5.41, 5.74) is 1.96. The fourth-order valence-corrected chi connectivity index (χ4v) is 3.82. The van der Waals surface area contributed by atoms with Crippen LogP contribution in [0, 0.1) is 22.6 Å². The fraction of sp³-hybridized carbons (Fsp3) is 0.409. The zero-order valence-corrected chi connectivity index (χ0v) is 15.2. The van der Waals surface area contributed by atoms with Crippen molar-refractivity contribution in [2.75, 3.05) is 13.1 Å². The van der Waals surface area contributed by atoms with Gasteiger partial charge in [0, 0.05) is 24.1 Å². The van der Waals surface area contributed by atoms with Gasteiger partial charge in [0.15, 0.2) is 0 Å². The zero-order chi connectivity index (χ0) is 18.6. The van der Waals surface area contributed by atoms with Gasteiger partial charge in [-0.05, 0) is 55.5 Å². The van der Waals surface area contributed by atoms with Crippen molar-refractivity contribution < 1.29 is 9.50 Å². The van der Waals surface area contributed by atoms with Crippen LogP contribution >= 0.6 is 0 Å². The number of hydrogen-bond donors (Lipinski definition) is 1. The highest BCUT2D eigenvalue weighted by Gasteiger charge is 2.33. The zero-order valence-electron chi connectivity index (χ0n) is 15.2. The Balaban J connectivity index is 1.72. The van der Waals surface area contributed by atoms with E-state index < -0.39 is 0 Å². The van der Waals surface area contributed by atoms with Crippen molar-refractivity contribution in [1.82, 2.24) is 4.90 Å². The lowest BCUT2D eigenvalue weighted by molar-refractivity contribution is 0.0971. The quantitative estimate of drug-likeness (QED) is 0.814. The summed E-state index contributed by atoms with van der Waals surface area (Å²) < 4.78 is 14.6. The molecule has 3 nitrogen and oxygen atoms in total. The van der Waals surface area contributed by atoms with Crippen LogP contribution in [-0.4, -0.2) is 23.1 Å².